The Morgan fingerprint density at radius 3 is 2.78 bits per heavy atom. The third-order valence-corrected chi connectivity index (χ3v) is 9.15. The molecule has 1 N–H and O–H groups in total. The molecule has 0 aliphatic heterocycles. The first-order valence-corrected chi connectivity index (χ1v) is 10.8. The summed E-state index contributed by atoms with van der Waals surface area (Å²) in [6.07, 6.45) is 10.6. The molecule has 0 aromatic rings. The number of aliphatic hydroxyl groups is 1. The van der Waals surface area contributed by atoms with Gasteiger partial charge in [-0.15, -0.1) is 0 Å². The molecule has 0 heterocycles. The van der Waals surface area contributed by atoms with Crippen LogP contribution in [0.5, 0.6) is 0 Å². The van der Waals surface area contributed by atoms with Gasteiger partial charge in [0.15, 0.2) is 0 Å². The molecule has 8 atom stereocenters. The molecule has 0 unspecified atom stereocenters. The number of fused-ring (bicyclic) bond motifs is 5. The molecule has 4 fully saturated rings. The topological polar surface area (TPSA) is 62.5 Å². The predicted molar refractivity (Wildman–Crippen MR) is 104 cm³/mol. The SMILES string of the molecule is COCO[C@H]1C[C@@H]2CC[C@@H]3[C@H](CC[C@]4(C)C(=CC#N)CC[C@@H]34)[C@@]2(C)C[C@@H]1O. The lowest BCUT2D eigenvalue weighted by atomic mass is 9.44. The molecule has 0 saturated heterocycles. The van der Waals surface area contributed by atoms with Crippen LogP contribution in [0.1, 0.15) is 65.2 Å². The Hall–Kier alpha value is -0.890. The van der Waals surface area contributed by atoms with Crippen LogP contribution in [-0.2, 0) is 9.47 Å². The molecule has 4 saturated carbocycles. The molecule has 0 aromatic heterocycles. The van der Waals surface area contributed by atoms with Gasteiger partial charge in [0.05, 0.1) is 18.3 Å². The zero-order chi connectivity index (χ0) is 19.2. The Labute approximate surface area is 163 Å². The second-order valence-electron chi connectivity index (χ2n) is 10.1. The summed E-state index contributed by atoms with van der Waals surface area (Å²) in [6.45, 7) is 5.14. The van der Waals surface area contributed by atoms with E-state index in [4.69, 9.17) is 9.47 Å². The Morgan fingerprint density at radius 2 is 2.04 bits per heavy atom. The highest BCUT2D eigenvalue weighted by Crippen LogP contribution is 2.67. The van der Waals surface area contributed by atoms with E-state index < -0.39 is 0 Å². The van der Waals surface area contributed by atoms with Crippen LogP contribution in [0.3, 0.4) is 0 Å². The van der Waals surface area contributed by atoms with E-state index in [0.29, 0.717) is 17.8 Å². The van der Waals surface area contributed by atoms with Crippen LogP contribution in [0.4, 0.5) is 0 Å². The fourth-order valence-corrected chi connectivity index (χ4v) is 7.76. The average Bonchev–Trinajstić information content (AvgIpc) is 2.97. The summed E-state index contributed by atoms with van der Waals surface area (Å²) >= 11 is 0. The summed E-state index contributed by atoms with van der Waals surface area (Å²) < 4.78 is 10.9. The van der Waals surface area contributed by atoms with Crippen molar-refractivity contribution in [2.75, 3.05) is 13.9 Å². The summed E-state index contributed by atoms with van der Waals surface area (Å²) in [5.41, 5.74) is 1.85. The summed E-state index contributed by atoms with van der Waals surface area (Å²) in [5.74, 6) is 2.81. The van der Waals surface area contributed by atoms with Gasteiger partial charge in [0, 0.05) is 13.2 Å². The maximum atomic E-state index is 10.8. The van der Waals surface area contributed by atoms with Gasteiger partial charge < -0.3 is 14.6 Å². The molecule has 0 aromatic carbocycles. The third kappa shape index (κ3) is 2.98. The Kier molecular flexibility index (Phi) is 5.16. The van der Waals surface area contributed by atoms with Crippen LogP contribution in [-0.4, -0.2) is 31.2 Å². The van der Waals surface area contributed by atoms with Gasteiger partial charge >= 0.3 is 0 Å². The molecule has 4 rings (SSSR count). The molecule has 4 heteroatoms. The van der Waals surface area contributed by atoms with Crippen molar-refractivity contribution < 1.29 is 14.6 Å². The molecular formula is C23H35NO3. The van der Waals surface area contributed by atoms with Gasteiger partial charge in [-0.1, -0.05) is 19.4 Å². The molecule has 0 radical (unpaired) electrons. The second kappa shape index (κ2) is 7.17. The largest absolute Gasteiger partial charge is 0.390 e. The first-order chi connectivity index (χ1) is 12.9. The van der Waals surface area contributed by atoms with E-state index in [1.54, 1.807) is 7.11 Å². The van der Waals surface area contributed by atoms with Crippen molar-refractivity contribution in [3.63, 3.8) is 0 Å². The molecule has 4 aliphatic carbocycles. The lowest BCUT2D eigenvalue weighted by Gasteiger charge is -2.61. The number of allylic oxidation sites excluding steroid dienone is 2. The van der Waals surface area contributed by atoms with Gasteiger partial charge in [-0.3, -0.25) is 0 Å². The van der Waals surface area contributed by atoms with Crippen LogP contribution >= 0.6 is 0 Å². The average molecular weight is 374 g/mol. The van der Waals surface area contributed by atoms with E-state index in [1.807, 2.05) is 6.08 Å². The fourth-order valence-electron chi connectivity index (χ4n) is 7.76. The summed E-state index contributed by atoms with van der Waals surface area (Å²) in [5, 5.41) is 20.0. The molecule has 0 amide bonds. The van der Waals surface area contributed by atoms with E-state index in [9.17, 15) is 10.4 Å². The zero-order valence-electron chi connectivity index (χ0n) is 17.1. The Balaban J connectivity index is 1.55. The smallest absolute Gasteiger partial charge is 0.146 e. The number of methoxy groups -OCH3 is 1. The van der Waals surface area contributed by atoms with Crippen molar-refractivity contribution in [2.24, 2.45) is 34.5 Å². The number of rotatable bonds is 3. The Bertz CT molecular complexity index is 640. The molecule has 0 spiro atoms. The predicted octanol–water partition coefficient (Wildman–Crippen LogP) is 4.44. The van der Waals surface area contributed by atoms with Crippen molar-refractivity contribution in [1.29, 1.82) is 5.26 Å². The first-order valence-electron chi connectivity index (χ1n) is 10.8. The molecular weight excluding hydrogens is 338 g/mol. The summed E-state index contributed by atoms with van der Waals surface area (Å²) in [6, 6.07) is 2.30. The number of hydrogen-bond acceptors (Lipinski definition) is 4. The van der Waals surface area contributed by atoms with Gasteiger partial charge in [0.2, 0.25) is 0 Å². The highest BCUT2D eigenvalue weighted by molar-refractivity contribution is 5.28. The molecule has 0 bridgehead atoms. The van der Waals surface area contributed by atoms with Crippen LogP contribution < -0.4 is 0 Å². The van der Waals surface area contributed by atoms with Gasteiger partial charge in [-0.25, -0.2) is 0 Å². The second-order valence-corrected chi connectivity index (χ2v) is 10.1. The van der Waals surface area contributed by atoms with E-state index in [0.717, 1.165) is 25.2 Å². The van der Waals surface area contributed by atoms with Crippen LogP contribution in [0.15, 0.2) is 11.6 Å². The zero-order valence-corrected chi connectivity index (χ0v) is 17.1. The number of ether oxygens (including phenoxy) is 2. The number of hydrogen-bond donors (Lipinski definition) is 1. The quantitative estimate of drug-likeness (QED) is 0.587. The minimum atomic E-state index is -0.383. The summed E-state index contributed by atoms with van der Waals surface area (Å²) in [7, 11) is 1.64. The lowest BCUT2D eigenvalue weighted by molar-refractivity contribution is -0.187. The molecule has 4 aliphatic rings. The van der Waals surface area contributed by atoms with Crippen LogP contribution in [0.25, 0.3) is 0 Å². The summed E-state index contributed by atoms with van der Waals surface area (Å²) in [4.78, 5) is 0. The van der Waals surface area contributed by atoms with Gasteiger partial charge in [-0.2, -0.15) is 5.26 Å². The van der Waals surface area contributed by atoms with E-state index in [1.165, 1.54) is 37.7 Å². The highest BCUT2D eigenvalue weighted by Gasteiger charge is 2.60. The van der Waals surface area contributed by atoms with Crippen molar-refractivity contribution in [2.45, 2.75) is 77.4 Å². The van der Waals surface area contributed by atoms with Gasteiger partial charge in [0.1, 0.15) is 6.79 Å². The normalized spacial score (nSPS) is 50.6. The minimum absolute atomic E-state index is 0.0786. The monoisotopic (exact) mass is 373 g/mol. The van der Waals surface area contributed by atoms with E-state index in [-0.39, 0.29) is 29.8 Å². The molecule has 150 valence electrons. The van der Waals surface area contributed by atoms with Crippen LogP contribution in [0.2, 0.25) is 0 Å². The standard InChI is InChI=1S/C23H35NO3/c1-22-10-8-19-17(18(22)7-5-15(22)9-11-24)6-4-16-12-21(27-14-26-3)20(25)13-23(16,19)2/h9,16-21,25H,4-8,10,12-14H2,1-3H3/t16-,17-,18-,19-,20-,21-,22+,23-/m0/s1. The molecule has 27 heavy (non-hydrogen) atoms. The third-order valence-electron chi connectivity index (χ3n) is 9.15. The van der Waals surface area contributed by atoms with Gasteiger partial charge in [-0.05, 0) is 85.9 Å². The maximum absolute atomic E-state index is 10.8. The Morgan fingerprint density at radius 1 is 1.22 bits per heavy atom. The van der Waals surface area contributed by atoms with Crippen molar-refractivity contribution >= 4 is 0 Å². The maximum Gasteiger partial charge on any atom is 0.146 e. The van der Waals surface area contributed by atoms with Gasteiger partial charge in [0.25, 0.3) is 0 Å². The van der Waals surface area contributed by atoms with Crippen molar-refractivity contribution in [3.05, 3.63) is 11.6 Å². The highest BCUT2D eigenvalue weighted by atomic mass is 16.7. The molecule has 4 nitrogen and oxygen atoms in total. The first kappa shape index (κ1) is 19.4. The number of nitrogens with zero attached hydrogens (tertiary/aromatic N) is 1. The van der Waals surface area contributed by atoms with Crippen LogP contribution in [0, 0.1) is 45.8 Å². The van der Waals surface area contributed by atoms with E-state index >= 15 is 0 Å². The van der Waals surface area contributed by atoms with Crippen molar-refractivity contribution in [1.82, 2.24) is 0 Å². The minimum Gasteiger partial charge on any atom is -0.390 e. The number of aliphatic hydroxyl groups excluding tert-OH is 1. The lowest BCUT2D eigenvalue weighted by Crippen LogP contribution is -2.56. The van der Waals surface area contributed by atoms with E-state index in [2.05, 4.69) is 19.9 Å². The number of nitriles is 1. The van der Waals surface area contributed by atoms with Crippen molar-refractivity contribution in [3.8, 4) is 6.07 Å². The fraction of sp³-hybridized carbons (Fsp3) is 0.870.